The second-order valence-corrected chi connectivity index (χ2v) is 4.31. The van der Waals surface area contributed by atoms with Crippen LogP contribution in [0.3, 0.4) is 0 Å². The normalized spacial score (nSPS) is 9.52. The van der Waals surface area contributed by atoms with Crippen molar-refractivity contribution in [3.63, 3.8) is 0 Å². The van der Waals surface area contributed by atoms with Gasteiger partial charge in [0.25, 0.3) is 0 Å². The highest BCUT2D eigenvalue weighted by molar-refractivity contribution is 5.85. The molecule has 5 nitrogen and oxygen atoms in total. The molecule has 0 unspecified atom stereocenters. The summed E-state index contributed by atoms with van der Waals surface area (Å²) < 4.78 is 0. The van der Waals surface area contributed by atoms with E-state index in [0.29, 0.717) is 5.56 Å². The van der Waals surface area contributed by atoms with Crippen LogP contribution in [0.25, 0.3) is 11.4 Å². The lowest BCUT2D eigenvalue weighted by Gasteiger charge is -1.98. The lowest BCUT2D eigenvalue weighted by molar-refractivity contribution is 0.112. The Labute approximate surface area is 122 Å². The van der Waals surface area contributed by atoms with E-state index < -0.39 is 0 Å². The molecular weight excluding hydrogens is 264 g/mol. The number of nitrogens with two attached hydrogens (primary N) is 2. The zero-order valence-corrected chi connectivity index (χ0v) is 11.4. The minimum absolute atomic E-state index is 0.650. The van der Waals surface area contributed by atoms with Crippen LogP contribution in [0.15, 0.2) is 60.9 Å². The Morgan fingerprint density at radius 3 is 2.10 bits per heavy atom. The molecule has 0 aliphatic carbocycles. The summed E-state index contributed by atoms with van der Waals surface area (Å²) in [6.07, 6.45) is 4.23. The van der Waals surface area contributed by atoms with Crippen molar-refractivity contribution < 1.29 is 4.79 Å². The predicted octanol–water partition coefficient (Wildman–Crippen LogP) is 2.74. The molecule has 106 valence electrons. The van der Waals surface area contributed by atoms with E-state index in [-0.39, 0.29) is 0 Å². The topological polar surface area (TPSA) is 97.8 Å². The van der Waals surface area contributed by atoms with Crippen LogP contribution >= 0.6 is 0 Å². The van der Waals surface area contributed by atoms with Crippen molar-refractivity contribution in [1.82, 2.24) is 9.97 Å². The second kappa shape index (κ2) is 6.91. The Hall–Kier alpha value is -3.08. The molecule has 21 heavy (non-hydrogen) atoms. The first kappa shape index (κ1) is 14.3. The minimum Gasteiger partial charge on any atom is -0.399 e. The van der Waals surface area contributed by atoms with Gasteiger partial charge in [0, 0.05) is 34.9 Å². The highest BCUT2D eigenvalue weighted by Crippen LogP contribution is 2.17. The third kappa shape index (κ3) is 3.94. The molecule has 0 spiro atoms. The number of carbonyl (C=O) groups is 1. The number of hydrogen-bond acceptors (Lipinski definition) is 4. The SMILES string of the molecule is Nc1ccc(N)cc1.O=Cc1ccccc1-c1ncc[nH]1. The maximum absolute atomic E-state index is 10.7. The molecule has 1 heterocycles. The van der Waals surface area contributed by atoms with Gasteiger partial charge in [0.15, 0.2) is 6.29 Å². The molecule has 5 heteroatoms. The number of nitrogen functional groups attached to an aromatic ring is 2. The van der Waals surface area contributed by atoms with Gasteiger partial charge in [-0.05, 0) is 24.3 Å². The molecule has 0 aliphatic heterocycles. The average molecular weight is 280 g/mol. The average Bonchev–Trinajstić information content (AvgIpc) is 3.05. The summed E-state index contributed by atoms with van der Waals surface area (Å²) in [5.41, 5.74) is 13.7. The van der Waals surface area contributed by atoms with Gasteiger partial charge >= 0.3 is 0 Å². The molecule has 0 bridgehead atoms. The third-order valence-electron chi connectivity index (χ3n) is 2.78. The smallest absolute Gasteiger partial charge is 0.150 e. The Kier molecular flexibility index (Phi) is 4.71. The molecule has 0 aliphatic rings. The van der Waals surface area contributed by atoms with E-state index >= 15 is 0 Å². The minimum atomic E-state index is 0.650. The Bertz CT molecular complexity index is 670. The van der Waals surface area contributed by atoms with Crippen molar-refractivity contribution in [2.75, 3.05) is 11.5 Å². The van der Waals surface area contributed by atoms with Gasteiger partial charge in [0.2, 0.25) is 0 Å². The molecule has 0 atom stereocenters. The first-order chi connectivity index (χ1) is 10.2. The van der Waals surface area contributed by atoms with Gasteiger partial charge in [0.05, 0.1) is 0 Å². The van der Waals surface area contributed by atoms with E-state index in [2.05, 4.69) is 9.97 Å². The molecule has 0 saturated carbocycles. The number of hydrogen-bond donors (Lipinski definition) is 3. The molecule has 0 radical (unpaired) electrons. The number of imidazole rings is 1. The largest absolute Gasteiger partial charge is 0.399 e. The van der Waals surface area contributed by atoms with Crippen LogP contribution < -0.4 is 11.5 Å². The Morgan fingerprint density at radius 1 is 0.952 bits per heavy atom. The summed E-state index contributed by atoms with van der Waals surface area (Å²) in [7, 11) is 0. The number of aromatic amines is 1. The van der Waals surface area contributed by atoms with Gasteiger partial charge in [0.1, 0.15) is 5.82 Å². The summed E-state index contributed by atoms with van der Waals surface area (Å²) in [5.74, 6) is 0.725. The van der Waals surface area contributed by atoms with E-state index in [0.717, 1.165) is 29.0 Å². The van der Waals surface area contributed by atoms with Crippen LogP contribution in [0.2, 0.25) is 0 Å². The number of H-pyrrole nitrogens is 1. The first-order valence-electron chi connectivity index (χ1n) is 6.35. The van der Waals surface area contributed by atoms with Crippen LogP contribution in [0.1, 0.15) is 10.4 Å². The number of nitrogens with zero attached hydrogens (tertiary/aromatic N) is 1. The maximum Gasteiger partial charge on any atom is 0.150 e. The summed E-state index contributed by atoms with van der Waals surface area (Å²) in [6, 6.07) is 14.4. The highest BCUT2D eigenvalue weighted by atomic mass is 16.1. The Morgan fingerprint density at radius 2 is 1.57 bits per heavy atom. The predicted molar refractivity (Wildman–Crippen MR) is 84.7 cm³/mol. The zero-order valence-electron chi connectivity index (χ0n) is 11.4. The monoisotopic (exact) mass is 280 g/mol. The number of aldehydes is 1. The van der Waals surface area contributed by atoms with Crippen molar-refractivity contribution in [1.29, 1.82) is 0 Å². The van der Waals surface area contributed by atoms with Gasteiger partial charge in [-0.3, -0.25) is 4.79 Å². The molecule has 5 N–H and O–H groups in total. The molecule has 1 aromatic heterocycles. The van der Waals surface area contributed by atoms with Gasteiger partial charge < -0.3 is 16.5 Å². The van der Waals surface area contributed by atoms with E-state index in [1.54, 1.807) is 42.7 Å². The summed E-state index contributed by atoms with van der Waals surface area (Å²) in [6.45, 7) is 0. The van der Waals surface area contributed by atoms with Gasteiger partial charge in [-0.1, -0.05) is 24.3 Å². The quantitative estimate of drug-likeness (QED) is 0.496. The number of rotatable bonds is 2. The standard InChI is InChI=1S/C10H8N2O.C6H8N2/c13-7-8-3-1-2-4-9(8)10-11-5-6-12-10;7-5-1-2-6(8)4-3-5/h1-7H,(H,11,12);1-4H,7-8H2. The summed E-state index contributed by atoms with van der Waals surface area (Å²) in [4.78, 5) is 17.7. The molecule has 2 aromatic carbocycles. The lowest BCUT2D eigenvalue weighted by Crippen LogP contribution is -1.87. The molecule has 0 fully saturated rings. The molecule has 3 rings (SSSR count). The van der Waals surface area contributed by atoms with E-state index in [4.69, 9.17) is 11.5 Å². The number of nitrogens with one attached hydrogen (secondary N) is 1. The van der Waals surface area contributed by atoms with Gasteiger partial charge in [-0.15, -0.1) is 0 Å². The lowest BCUT2D eigenvalue weighted by atomic mass is 10.1. The molecule has 0 saturated heterocycles. The van der Waals surface area contributed by atoms with Crippen LogP contribution in [-0.4, -0.2) is 16.3 Å². The number of aromatic nitrogens is 2. The van der Waals surface area contributed by atoms with Gasteiger partial charge in [-0.25, -0.2) is 4.98 Å². The Balaban J connectivity index is 0.000000173. The molecule has 0 amide bonds. The van der Waals surface area contributed by atoms with Crippen LogP contribution in [-0.2, 0) is 0 Å². The van der Waals surface area contributed by atoms with Crippen LogP contribution in [0.4, 0.5) is 11.4 Å². The van der Waals surface area contributed by atoms with Crippen molar-refractivity contribution in [3.8, 4) is 11.4 Å². The first-order valence-corrected chi connectivity index (χ1v) is 6.35. The maximum atomic E-state index is 10.7. The van der Waals surface area contributed by atoms with Gasteiger partial charge in [-0.2, -0.15) is 0 Å². The van der Waals surface area contributed by atoms with Crippen molar-refractivity contribution in [2.24, 2.45) is 0 Å². The summed E-state index contributed by atoms with van der Waals surface area (Å²) >= 11 is 0. The van der Waals surface area contributed by atoms with E-state index in [1.807, 2.05) is 18.2 Å². The molecular formula is C16H16N4O. The van der Waals surface area contributed by atoms with E-state index in [9.17, 15) is 4.79 Å². The zero-order chi connectivity index (χ0) is 15.1. The van der Waals surface area contributed by atoms with Crippen molar-refractivity contribution >= 4 is 17.7 Å². The highest BCUT2D eigenvalue weighted by Gasteiger charge is 2.03. The number of carbonyl (C=O) groups excluding carboxylic acids is 1. The van der Waals surface area contributed by atoms with Crippen molar-refractivity contribution in [3.05, 3.63) is 66.5 Å². The van der Waals surface area contributed by atoms with Crippen molar-refractivity contribution in [2.45, 2.75) is 0 Å². The number of benzene rings is 2. The van der Waals surface area contributed by atoms with Crippen LogP contribution in [0, 0.1) is 0 Å². The fourth-order valence-electron chi connectivity index (χ4n) is 1.72. The second-order valence-electron chi connectivity index (χ2n) is 4.31. The molecule has 3 aromatic rings. The fourth-order valence-corrected chi connectivity index (χ4v) is 1.72. The van der Waals surface area contributed by atoms with E-state index in [1.165, 1.54) is 0 Å². The summed E-state index contributed by atoms with van der Waals surface area (Å²) in [5, 5.41) is 0. The third-order valence-corrected chi connectivity index (χ3v) is 2.78. The fraction of sp³-hybridized carbons (Fsp3) is 0. The van der Waals surface area contributed by atoms with Crippen LogP contribution in [0.5, 0.6) is 0 Å². The number of anilines is 2.